The number of aryl methyl sites for hydroxylation is 1. The van der Waals surface area contributed by atoms with Gasteiger partial charge in [-0.2, -0.15) is 0 Å². The van der Waals surface area contributed by atoms with Crippen LogP contribution < -0.4 is 15.8 Å². The first-order valence-corrected chi connectivity index (χ1v) is 8.81. The Morgan fingerprint density at radius 2 is 2.15 bits per heavy atom. The largest absolute Gasteiger partial charge is 0.461 e. The van der Waals surface area contributed by atoms with Crippen molar-refractivity contribution in [1.82, 2.24) is 5.32 Å². The molecule has 1 atom stereocenters. The van der Waals surface area contributed by atoms with Crippen LogP contribution in [0.25, 0.3) is 0 Å². The summed E-state index contributed by atoms with van der Waals surface area (Å²) in [5, 5.41) is 3.09. The van der Waals surface area contributed by atoms with E-state index in [1.807, 2.05) is 46.8 Å². The van der Waals surface area contributed by atoms with Crippen molar-refractivity contribution in [3.05, 3.63) is 65.5 Å². The third-order valence-electron chi connectivity index (χ3n) is 3.70. The number of nitrogens with zero attached hydrogens (tertiary/aromatic N) is 1. The summed E-state index contributed by atoms with van der Waals surface area (Å²) in [6, 6.07) is 4.53. The summed E-state index contributed by atoms with van der Waals surface area (Å²) in [5.41, 5.74) is 8.23. The van der Waals surface area contributed by atoms with Crippen LogP contribution in [-0.2, 0) is 0 Å². The maximum atomic E-state index is 13.3. The van der Waals surface area contributed by atoms with Gasteiger partial charge in [0.15, 0.2) is 0 Å². The minimum atomic E-state index is -0.271. The molecule has 142 valence electrons. The predicted molar refractivity (Wildman–Crippen MR) is 108 cm³/mol. The molecule has 0 aromatic heterocycles. The van der Waals surface area contributed by atoms with E-state index in [1.54, 1.807) is 6.07 Å². The summed E-state index contributed by atoms with van der Waals surface area (Å²) < 4.78 is 19.2. The lowest BCUT2D eigenvalue weighted by Gasteiger charge is -2.13. The molecule has 1 aromatic rings. The fourth-order valence-corrected chi connectivity index (χ4v) is 2.23. The number of nitrogens with one attached hydrogen (secondary N) is 1. The van der Waals surface area contributed by atoms with Gasteiger partial charge in [-0.05, 0) is 63.1 Å². The Hall–Kier alpha value is -2.40. The molecule has 0 saturated heterocycles. The standard InChI is InChI=1S/C21H30FN3O/c1-7-18(16(5)25-17(6)24-13-15(4)23)12-20(8-2)26-21-10-9-19(22)11-14(21)3/h7,9-12,15,24H,6,8,13,23H2,1-5H3/b18-7-,20-12+,25-16-. The van der Waals surface area contributed by atoms with E-state index in [-0.39, 0.29) is 11.9 Å². The van der Waals surface area contributed by atoms with Gasteiger partial charge in [0, 0.05) is 24.7 Å². The zero-order valence-electron chi connectivity index (χ0n) is 16.4. The van der Waals surface area contributed by atoms with Crippen LogP contribution >= 0.6 is 0 Å². The lowest BCUT2D eigenvalue weighted by Crippen LogP contribution is -2.30. The smallest absolute Gasteiger partial charge is 0.130 e. The highest BCUT2D eigenvalue weighted by atomic mass is 19.1. The minimum absolute atomic E-state index is 0.0300. The maximum absolute atomic E-state index is 13.3. The molecule has 0 aliphatic heterocycles. The van der Waals surface area contributed by atoms with Gasteiger partial charge in [0.2, 0.25) is 0 Å². The van der Waals surface area contributed by atoms with Crippen molar-refractivity contribution in [1.29, 1.82) is 0 Å². The molecule has 4 nitrogen and oxygen atoms in total. The summed E-state index contributed by atoms with van der Waals surface area (Å²) in [5.74, 6) is 1.72. The molecule has 0 aliphatic rings. The van der Waals surface area contributed by atoms with Gasteiger partial charge in [0.25, 0.3) is 0 Å². The Labute approximate surface area is 156 Å². The average molecular weight is 359 g/mol. The number of nitrogens with two attached hydrogens (primary N) is 1. The highest BCUT2D eigenvalue weighted by Crippen LogP contribution is 2.22. The maximum Gasteiger partial charge on any atom is 0.130 e. The van der Waals surface area contributed by atoms with Gasteiger partial charge in [-0.3, -0.25) is 0 Å². The number of ether oxygens (including phenoxy) is 1. The molecule has 1 rings (SSSR count). The molecular weight excluding hydrogens is 329 g/mol. The zero-order chi connectivity index (χ0) is 19.7. The minimum Gasteiger partial charge on any atom is -0.461 e. The van der Waals surface area contributed by atoms with E-state index in [0.717, 1.165) is 22.6 Å². The zero-order valence-corrected chi connectivity index (χ0v) is 16.4. The lowest BCUT2D eigenvalue weighted by atomic mass is 10.1. The van der Waals surface area contributed by atoms with Gasteiger partial charge in [-0.25, -0.2) is 9.38 Å². The molecule has 0 spiro atoms. The molecule has 0 bridgehead atoms. The van der Waals surface area contributed by atoms with Crippen LogP contribution in [0.1, 0.15) is 39.7 Å². The van der Waals surface area contributed by atoms with E-state index in [0.29, 0.717) is 24.5 Å². The van der Waals surface area contributed by atoms with Gasteiger partial charge in [0.1, 0.15) is 23.1 Å². The normalized spacial score (nSPS) is 14.2. The Morgan fingerprint density at radius 1 is 1.46 bits per heavy atom. The fourth-order valence-electron chi connectivity index (χ4n) is 2.23. The molecule has 0 heterocycles. The summed E-state index contributed by atoms with van der Waals surface area (Å²) >= 11 is 0. The third kappa shape index (κ3) is 7.23. The van der Waals surface area contributed by atoms with E-state index in [4.69, 9.17) is 10.5 Å². The van der Waals surface area contributed by atoms with Crippen LogP contribution in [0.15, 0.2) is 59.1 Å². The highest BCUT2D eigenvalue weighted by Gasteiger charge is 2.07. The molecule has 0 saturated carbocycles. The number of hydrogen-bond acceptors (Lipinski definition) is 4. The number of benzene rings is 1. The molecule has 0 radical (unpaired) electrons. The van der Waals surface area contributed by atoms with Crippen molar-refractivity contribution in [3.8, 4) is 5.75 Å². The molecular formula is C21H30FN3O. The average Bonchev–Trinajstić information content (AvgIpc) is 2.58. The first kappa shape index (κ1) is 21.6. The van der Waals surface area contributed by atoms with Crippen molar-refractivity contribution >= 4 is 5.71 Å². The third-order valence-corrected chi connectivity index (χ3v) is 3.70. The van der Waals surface area contributed by atoms with Crippen molar-refractivity contribution in [2.45, 2.75) is 47.1 Å². The van der Waals surface area contributed by atoms with E-state index < -0.39 is 0 Å². The number of aliphatic imine (C=N–C) groups is 1. The van der Waals surface area contributed by atoms with Crippen LogP contribution in [0, 0.1) is 12.7 Å². The molecule has 0 aliphatic carbocycles. The quantitative estimate of drug-likeness (QED) is 0.384. The molecule has 3 N–H and O–H groups in total. The Kier molecular flexibility index (Phi) is 8.79. The fraction of sp³-hybridized carbons (Fsp3) is 0.381. The lowest BCUT2D eigenvalue weighted by molar-refractivity contribution is 0.405. The highest BCUT2D eigenvalue weighted by molar-refractivity contribution is 6.01. The first-order valence-electron chi connectivity index (χ1n) is 8.81. The molecule has 0 fully saturated rings. The topological polar surface area (TPSA) is 59.6 Å². The Bertz CT molecular complexity index is 718. The van der Waals surface area contributed by atoms with Crippen LogP contribution in [0.3, 0.4) is 0 Å². The molecule has 0 amide bonds. The molecule has 1 aromatic carbocycles. The monoisotopic (exact) mass is 359 g/mol. The Balaban J connectivity index is 2.94. The van der Waals surface area contributed by atoms with E-state index in [9.17, 15) is 4.39 Å². The van der Waals surface area contributed by atoms with Crippen LogP contribution in [0.5, 0.6) is 5.75 Å². The molecule has 5 heteroatoms. The number of allylic oxidation sites excluding steroid dienone is 4. The van der Waals surface area contributed by atoms with Crippen molar-refractivity contribution in [2.24, 2.45) is 10.7 Å². The number of halogens is 1. The van der Waals surface area contributed by atoms with Gasteiger partial charge in [-0.1, -0.05) is 19.6 Å². The van der Waals surface area contributed by atoms with E-state index in [1.165, 1.54) is 12.1 Å². The van der Waals surface area contributed by atoms with Gasteiger partial charge < -0.3 is 15.8 Å². The SMILES string of the molecule is C=C(\N=C(C)/C(=C\C)/C=C(\CC)Oc1ccc(F)cc1C)NCC(C)N. The second-order valence-corrected chi connectivity index (χ2v) is 6.22. The number of rotatable bonds is 9. The summed E-state index contributed by atoms with van der Waals surface area (Å²) in [7, 11) is 0. The van der Waals surface area contributed by atoms with Crippen molar-refractivity contribution < 1.29 is 9.13 Å². The molecule has 26 heavy (non-hydrogen) atoms. The van der Waals surface area contributed by atoms with Crippen molar-refractivity contribution in [3.63, 3.8) is 0 Å². The Morgan fingerprint density at radius 3 is 2.69 bits per heavy atom. The molecule has 1 unspecified atom stereocenters. The first-order chi connectivity index (χ1) is 12.3. The predicted octanol–water partition coefficient (Wildman–Crippen LogP) is 4.62. The van der Waals surface area contributed by atoms with E-state index in [2.05, 4.69) is 16.9 Å². The summed E-state index contributed by atoms with van der Waals surface area (Å²) in [6.45, 7) is 14.1. The van der Waals surface area contributed by atoms with Gasteiger partial charge >= 0.3 is 0 Å². The van der Waals surface area contributed by atoms with Crippen LogP contribution in [0.2, 0.25) is 0 Å². The summed E-state index contributed by atoms with van der Waals surface area (Å²) in [6.07, 6.45) is 4.61. The summed E-state index contributed by atoms with van der Waals surface area (Å²) in [4.78, 5) is 4.48. The van der Waals surface area contributed by atoms with Gasteiger partial charge in [-0.15, -0.1) is 0 Å². The number of hydrogen-bond donors (Lipinski definition) is 2. The van der Waals surface area contributed by atoms with Crippen LogP contribution in [-0.4, -0.2) is 18.3 Å². The van der Waals surface area contributed by atoms with Crippen LogP contribution in [0.4, 0.5) is 4.39 Å². The van der Waals surface area contributed by atoms with Crippen molar-refractivity contribution in [2.75, 3.05) is 6.54 Å². The van der Waals surface area contributed by atoms with E-state index >= 15 is 0 Å². The van der Waals surface area contributed by atoms with Gasteiger partial charge in [0.05, 0.1) is 0 Å². The second kappa shape index (κ2) is 10.6. The second-order valence-electron chi connectivity index (χ2n) is 6.22.